The fourth-order valence-electron chi connectivity index (χ4n) is 1.42. The van der Waals surface area contributed by atoms with E-state index in [1.54, 1.807) is 0 Å². The molecule has 0 aliphatic heterocycles. The predicted molar refractivity (Wildman–Crippen MR) is 104 cm³/mol. The molecule has 0 aromatic heterocycles. The Kier molecular flexibility index (Phi) is 9.72. The minimum absolute atomic E-state index is 0.123. The molecule has 0 unspecified atom stereocenters. The van der Waals surface area contributed by atoms with Crippen molar-refractivity contribution in [2.45, 2.75) is 83.1 Å². The van der Waals surface area contributed by atoms with Crippen LogP contribution in [0.15, 0.2) is 0 Å². The predicted octanol–water partition coefficient (Wildman–Crippen LogP) is 4.86. The van der Waals surface area contributed by atoms with Gasteiger partial charge in [-0.3, -0.25) is 4.79 Å². The van der Waals surface area contributed by atoms with Crippen molar-refractivity contribution in [3.63, 3.8) is 0 Å². The fourth-order valence-corrected chi connectivity index (χ4v) is 1.42. The van der Waals surface area contributed by atoms with E-state index in [2.05, 4.69) is 72.9 Å². The molecule has 0 saturated carbocycles. The maximum absolute atomic E-state index is 11.4. The van der Waals surface area contributed by atoms with Crippen molar-refractivity contribution in [2.24, 2.45) is 21.7 Å². The molecular weight excluding hydrogens is 284 g/mol. The minimum Gasteiger partial charge on any atom is -0.355 e. The highest BCUT2D eigenvalue weighted by atomic mass is 16.2. The maximum Gasteiger partial charge on any atom is 0.225 e. The van der Waals surface area contributed by atoms with Crippen molar-refractivity contribution >= 4 is 5.91 Å². The van der Waals surface area contributed by atoms with Crippen molar-refractivity contribution < 1.29 is 4.79 Å². The first-order valence-corrected chi connectivity index (χ1v) is 8.83. The van der Waals surface area contributed by atoms with Crippen molar-refractivity contribution in [3.05, 3.63) is 0 Å². The SMILES string of the molecule is CC(C)(C)CNC(=O)C(C)(C)C.CC(C)(C)CNCC(C)(C)C. The molecule has 0 rings (SSSR count). The molecule has 0 fully saturated rings. The van der Waals surface area contributed by atoms with Crippen LogP contribution in [-0.4, -0.2) is 25.5 Å². The number of carbonyl (C=O) groups excluding carboxylic acids is 1. The molecule has 0 aliphatic rings. The zero-order valence-corrected chi connectivity index (χ0v) is 18.0. The molecule has 23 heavy (non-hydrogen) atoms. The highest BCUT2D eigenvalue weighted by Crippen LogP contribution is 2.15. The minimum atomic E-state index is -0.273. The summed E-state index contributed by atoms with van der Waals surface area (Å²) in [5.41, 5.74) is 0.711. The van der Waals surface area contributed by atoms with Crippen LogP contribution in [0.1, 0.15) is 83.1 Å². The van der Waals surface area contributed by atoms with Gasteiger partial charge in [-0.15, -0.1) is 0 Å². The zero-order chi connectivity index (χ0) is 19.1. The van der Waals surface area contributed by atoms with Crippen LogP contribution in [0.2, 0.25) is 0 Å². The lowest BCUT2D eigenvalue weighted by atomic mass is 9.93. The van der Waals surface area contributed by atoms with E-state index < -0.39 is 0 Å². The second kappa shape index (κ2) is 9.05. The summed E-state index contributed by atoms with van der Waals surface area (Å²) in [5, 5.41) is 6.39. The molecule has 0 spiro atoms. The Labute approximate surface area is 146 Å². The lowest BCUT2D eigenvalue weighted by molar-refractivity contribution is -0.128. The Morgan fingerprint density at radius 1 is 0.609 bits per heavy atom. The average molecular weight is 329 g/mol. The maximum atomic E-state index is 11.4. The van der Waals surface area contributed by atoms with Crippen LogP contribution in [-0.2, 0) is 4.79 Å². The third-order valence-corrected chi connectivity index (χ3v) is 2.77. The normalized spacial score (nSPS) is 13.2. The molecule has 0 aliphatic carbocycles. The summed E-state index contributed by atoms with van der Waals surface area (Å²) < 4.78 is 0. The first-order chi connectivity index (χ1) is 9.83. The third-order valence-electron chi connectivity index (χ3n) is 2.77. The molecule has 140 valence electrons. The molecule has 0 aromatic rings. The Bertz CT molecular complexity index is 319. The Morgan fingerprint density at radius 3 is 1.13 bits per heavy atom. The fraction of sp³-hybridized carbons (Fsp3) is 0.950. The molecule has 1 amide bonds. The van der Waals surface area contributed by atoms with Gasteiger partial charge in [0, 0.05) is 25.0 Å². The highest BCUT2D eigenvalue weighted by Gasteiger charge is 2.22. The molecule has 0 radical (unpaired) electrons. The molecule has 0 bridgehead atoms. The highest BCUT2D eigenvalue weighted by molar-refractivity contribution is 5.81. The topological polar surface area (TPSA) is 41.1 Å². The molecule has 0 aromatic carbocycles. The van der Waals surface area contributed by atoms with Crippen LogP contribution >= 0.6 is 0 Å². The summed E-state index contributed by atoms with van der Waals surface area (Å²) in [6.45, 7) is 28.5. The van der Waals surface area contributed by atoms with Gasteiger partial charge in [0.25, 0.3) is 0 Å². The van der Waals surface area contributed by atoms with Crippen LogP contribution in [0.25, 0.3) is 0 Å². The van der Waals surface area contributed by atoms with Gasteiger partial charge >= 0.3 is 0 Å². The Hall–Kier alpha value is -0.570. The largest absolute Gasteiger partial charge is 0.355 e. The average Bonchev–Trinajstić information content (AvgIpc) is 2.20. The molecule has 2 N–H and O–H groups in total. The van der Waals surface area contributed by atoms with E-state index in [-0.39, 0.29) is 16.7 Å². The second-order valence-corrected chi connectivity index (χ2v) is 11.2. The molecule has 3 heteroatoms. The summed E-state index contributed by atoms with van der Waals surface area (Å²) in [6, 6.07) is 0. The number of rotatable bonds is 3. The van der Waals surface area contributed by atoms with E-state index in [4.69, 9.17) is 0 Å². The van der Waals surface area contributed by atoms with Crippen molar-refractivity contribution in [3.8, 4) is 0 Å². The van der Waals surface area contributed by atoms with Crippen LogP contribution in [0.3, 0.4) is 0 Å². The number of amides is 1. The number of carbonyl (C=O) groups is 1. The van der Waals surface area contributed by atoms with Gasteiger partial charge in [0.2, 0.25) is 5.91 Å². The van der Waals surface area contributed by atoms with Crippen LogP contribution < -0.4 is 10.6 Å². The van der Waals surface area contributed by atoms with Crippen molar-refractivity contribution in [1.82, 2.24) is 10.6 Å². The third kappa shape index (κ3) is 21.4. The standard InChI is InChI=1S/C10H21NO.C10H23N/c1-9(2,3)7-11-8(12)10(4,5)6;1-9(2,3)7-11-8-10(4,5)6/h7H2,1-6H3,(H,11,12);11H,7-8H2,1-6H3. The van der Waals surface area contributed by atoms with Gasteiger partial charge in [-0.25, -0.2) is 0 Å². The summed E-state index contributed by atoms with van der Waals surface area (Å²) in [4.78, 5) is 11.4. The van der Waals surface area contributed by atoms with E-state index in [1.807, 2.05) is 20.8 Å². The van der Waals surface area contributed by atoms with E-state index in [1.165, 1.54) is 0 Å². The van der Waals surface area contributed by atoms with E-state index in [0.29, 0.717) is 10.8 Å². The van der Waals surface area contributed by atoms with Gasteiger partial charge in [0.15, 0.2) is 0 Å². The van der Waals surface area contributed by atoms with Gasteiger partial charge in [-0.05, 0) is 16.2 Å². The molecule has 0 saturated heterocycles. The van der Waals surface area contributed by atoms with Gasteiger partial charge in [-0.1, -0.05) is 83.1 Å². The Balaban J connectivity index is 0. The van der Waals surface area contributed by atoms with E-state index >= 15 is 0 Å². The number of hydrogen-bond donors (Lipinski definition) is 2. The summed E-state index contributed by atoms with van der Waals surface area (Å²) in [5.74, 6) is 0.123. The van der Waals surface area contributed by atoms with Crippen LogP contribution in [0.5, 0.6) is 0 Å². The molecule has 0 atom stereocenters. The smallest absolute Gasteiger partial charge is 0.225 e. The zero-order valence-electron chi connectivity index (χ0n) is 18.0. The van der Waals surface area contributed by atoms with Gasteiger partial charge in [-0.2, -0.15) is 0 Å². The summed E-state index contributed by atoms with van der Waals surface area (Å²) in [7, 11) is 0. The first kappa shape index (κ1) is 24.7. The first-order valence-electron chi connectivity index (χ1n) is 8.83. The molecule has 3 nitrogen and oxygen atoms in total. The van der Waals surface area contributed by atoms with E-state index in [9.17, 15) is 4.79 Å². The van der Waals surface area contributed by atoms with Gasteiger partial charge in [0.05, 0.1) is 0 Å². The van der Waals surface area contributed by atoms with E-state index in [0.717, 1.165) is 19.6 Å². The lowest BCUT2D eigenvalue weighted by Crippen LogP contribution is -2.39. The molecule has 0 heterocycles. The quantitative estimate of drug-likeness (QED) is 0.776. The van der Waals surface area contributed by atoms with Crippen LogP contribution in [0, 0.1) is 21.7 Å². The second-order valence-electron chi connectivity index (χ2n) is 11.2. The van der Waals surface area contributed by atoms with Gasteiger partial charge < -0.3 is 10.6 Å². The van der Waals surface area contributed by atoms with Crippen molar-refractivity contribution in [2.75, 3.05) is 19.6 Å². The van der Waals surface area contributed by atoms with Crippen LogP contribution in [0.4, 0.5) is 0 Å². The van der Waals surface area contributed by atoms with Crippen molar-refractivity contribution in [1.29, 1.82) is 0 Å². The summed E-state index contributed by atoms with van der Waals surface area (Å²) in [6.07, 6.45) is 0. The number of nitrogens with one attached hydrogen (secondary N) is 2. The number of hydrogen-bond acceptors (Lipinski definition) is 2. The monoisotopic (exact) mass is 328 g/mol. The molecular formula is C20H44N2O. The lowest BCUT2D eigenvalue weighted by Gasteiger charge is -2.24. The Morgan fingerprint density at radius 2 is 0.913 bits per heavy atom. The van der Waals surface area contributed by atoms with Gasteiger partial charge in [0.1, 0.15) is 0 Å². The summed E-state index contributed by atoms with van der Waals surface area (Å²) >= 11 is 0.